The van der Waals surface area contributed by atoms with Gasteiger partial charge >= 0.3 is 0 Å². The highest BCUT2D eigenvalue weighted by Gasteiger charge is 2.40. The van der Waals surface area contributed by atoms with E-state index in [9.17, 15) is 5.11 Å². The minimum absolute atomic E-state index is 0.0192. The number of likely N-dealkylation sites (tertiary alicyclic amines) is 1. The molecule has 1 aliphatic carbocycles. The molecule has 100 valence electrons. The quantitative estimate of drug-likeness (QED) is 0.764. The van der Waals surface area contributed by atoms with Gasteiger partial charge in [-0.3, -0.25) is 0 Å². The molecule has 2 N–H and O–H groups in total. The number of hydrogen-bond acceptors (Lipinski definition) is 3. The Balaban J connectivity index is 1.82. The summed E-state index contributed by atoms with van der Waals surface area (Å²) in [5.74, 6) is 1.54. The Morgan fingerprint density at radius 1 is 1.41 bits per heavy atom. The van der Waals surface area contributed by atoms with Gasteiger partial charge in [-0.2, -0.15) is 0 Å². The number of nitrogens with one attached hydrogen (secondary N) is 1. The van der Waals surface area contributed by atoms with E-state index in [1.165, 1.54) is 45.3 Å². The average molecular weight is 240 g/mol. The summed E-state index contributed by atoms with van der Waals surface area (Å²) in [7, 11) is 2.01. The predicted octanol–water partition coefficient (Wildman–Crippen LogP) is 1.47. The summed E-state index contributed by atoms with van der Waals surface area (Å²) < 4.78 is 0. The first kappa shape index (κ1) is 13.3. The van der Waals surface area contributed by atoms with E-state index >= 15 is 0 Å². The van der Waals surface area contributed by atoms with Crippen molar-refractivity contribution in [1.29, 1.82) is 0 Å². The molecule has 1 heterocycles. The van der Waals surface area contributed by atoms with E-state index < -0.39 is 0 Å². The van der Waals surface area contributed by atoms with Crippen molar-refractivity contribution < 1.29 is 5.11 Å². The summed E-state index contributed by atoms with van der Waals surface area (Å²) in [5, 5.41) is 13.0. The summed E-state index contributed by atoms with van der Waals surface area (Å²) in [6, 6.07) is 0. The molecule has 3 atom stereocenters. The van der Waals surface area contributed by atoms with Crippen molar-refractivity contribution in [2.24, 2.45) is 11.8 Å². The first-order valence-electron chi connectivity index (χ1n) is 7.22. The van der Waals surface area contributed by atoms with Crippen molar-refractivity contribution in [2.75, 3.05) is 33.3 Å². The van der Waals surface area contributed by atoms with Crippen LogP contribution in [0.4, 0.5) is 0 Å². The third-order valence-corrected chi connectivity index (χ3v) is 5.04. The molecule has 2 aliphatic rings. The van der Waals surface area contributed by atoms with Gasteiger partial charge in [-0.25, -0.2) is 0 Å². The maximum atomic E-state index is 9.64. The summed E-state index contributed by atoms with van der Waals surface area (Å²) in [6.45, 7) is 6.42. The van der Waals surface area contributed by atoms with Crippen LogP contribution >= 0.6 is 0 Å². The fourth-order valence-corrected chi connectivity index (χ4v) is 3.75. The molecule has 1 saturated carbocycles. The van der Waals surface area contributed by atoms with Crippen molar-refractivity contribution in [2.45, 2.75) is 44.6 Å². The van der Waals surface area contributed by atoms with E-state index in [2.05, 4.69) is 17.1 Å². The molecule has 0 aromatic carbocycles. The Bertz CT molecular complexity index is 240. The van der Waals surface area contributed by atoms with Gasteiger partial charge in [0.05, 0.1) is 6.61 Å². The zero-order valence-electron chi connectivity index (χ0n) is 11.4. The molecule has 3 nitrogen and oxygen atoms in total. The second kappa shape index (κ2) is 5.68. The standard InChI is InChI=1S/C14H28N2O/c1-12-5-8-16(10-12)9-6-13-4-3-7-14(13,11-17)15-2/h12-13,15,17H,3-11H2,1-2H3. The second-order valence-corrected chi connectivity index (χ2v) is 6.14. The van der Waals surface area contributed by atoms with Crippen LogP contribution in [0, 0.1) is 11.8 Å². The van der Waals surface area contributed by atoms with E-state index in [1.807, 2.05) is 7.05 Å². The first-order chi connectivity index (χ1) is 8.20. The molecule has 0 bridgehead atoms. The Kier molecular flexibility index (Phi) is 4.45. The molecule has 1 aliphatic heterocycles. The molecular formula is C14H28N2O. The first-order valence-corrected chi connectivity index (χ1v) is 7.22. The summed E-state index contributed by atoms with van der Waals surface area (Å²) in [5.41, 5.74) is 0.0192. The largest absolute Gasteiger partial charge is 0.394 e. The van der Waals surface area contributed by atoms with Gasteiger partial charge in [0.1, 0.15) is 0 Å². The van der Waals surface area contributed by atoms with Crippen LogP contribution < -0.4 is 5.32 Å². The van der Waals surface area contributed by atoms with Crippen LogP contribution in [0.2, 0.25) is 0 Å². The lowest BCUT2D eigenvalue weighted by molar-refractivity contribution is 0.120. The molecule has 0 spiro atoms. The zero-order valence-corrected chi connectivity index (χ0v) is 11.4. The van der Waals surface area contributed by atoms with Gasteiger partial charge in [-0.05, 0) is 57.7 Å². The van der Waals surface area contributed by atoms with Crippen LogP contribution in [0.1, 0.15) is 39.0 Å². The SMILES string of the molecule is CNC1(CO)CCCC1CCN1CCC(C)C1. The van der Waals surface area contributed by atoms with Crippen molar-refractivity contribution >= 4 is 0 Å². The maximum Gasteiger partial charge on any atom is 0.0615 e. The predicted molar refractivity (Wildman–Crippen MR) is 71.1 cm³/mol. The van der Waals surface area contributed by atoms with Gasteiger partial charge in [0.15, 0.2) is 0 Å². The molecule has 1 saturated heterocycles. The molecule has 2 rings (SSSR count). The minimum atomic E-state index is 0.0192. The van der Waals surface area contributed by atoms with E-state index in [0.717, 1.165) is 12.3 Å². The molecule has 3 heteroatoms. The lowest BCUT2D eigenvalue weighted by Gasteiger charge is -2.34. The number of likely N-dealkylation sites (N-methyl/N-ethyl adjacent to an activating group) is 1. The lowest BCUT2D eigenvalue weighted by atomic mass is 9.85. The van der Waals surface area contributed by atoms with Gasteiger partial charge in [0.25, 0.3) is 0 Å². The van der Waals surface area contributed by atoms with E-state index in [-0.39, 0.29) is 5.54 Å². The van der Waals surface area contributed by atoms with Crippen LogP contribution in [0.15, 0.2) is 0 Å². The smallest absolute Gasteiger partial charge is 0.0615 e. The number of aliphatic hydroxyl groups excluding tert-OH is 1. The van der Waals surface area contributed by atoms with Gasteiger partial charge < -0.3 is 15.3 Å². The summed E-state index contributed by atoms with van der Waals surface area (Å²) >= 11 is 0. The third-order valence-electron chi connectivity index (χ3n) is 5.04. The lowest BCUT2D eigenvalue weighted by Crippen LogP contribution is -2.50. The highest BCUT2D eigenvalue weighted by Crippen LogP contribution is 2.37. The molecular weight excluding hydrogens is 212 g/mol. The fourth-order valence-electron chi connectivity index (χ4n) is 3.75. The van der Waals surface area contributed by atoms with Gasteiger partial charge in [0, 0.05) is 12.1 Å². The third kappa shape index (κ3) is 2.83. The minimum Gasteiger partial charge on any atom is -0.394 e. The number of aliphatic hydroxyl groups is 1. The van der Waals surface area contributed by atoms with E-state index in [0.29, 0.717) is 12.5 Å². The number of nitrogens with zero attached hydrogens (tertiary/aromatic N) is 1. The molecule has 2 fully saturated rings. The second-order valence-electron chi connectivity index (χ2n) is 6.14. The monoisotopic (exact) mass is 240 g/mol. The Morgan fingerprint density at radius 3 is 2.82 bits per heavy atom. The topological polar surface area (TPSA) is 35.5 Å². The normalized spacial score (nSPS) is 39.0. The Morgan fingerprint density at radius 2 is 2.24 bits per heavy atom. The average Bonchev–Trinajstić information content (AvgIpc) is 2.93. The Labute approximate surface area is 106 Å². The summed E-state index contributed by atoms with van der Waals surface area (Å²) in [6.07, 6.45) is 6.30. The molecule has 0 amide bonds. The molecule has 0 aromatic heterocycles. The van der Waals surface area contributed by atoms with Crippen LogP contribution in [0.5, 0.6) is 0 Å². The van der Waals surface area contributed by atoms with Gasteiger partial charge in [0.2, 0.25) is 0 Å². The zero-order chi connectivity index (χ0) is 12.3. The van der Waals surface area contributed by atoms with E-state index in [1.54, 1.807) is 0 Å². The molecule has 0 aromatic rings. The highest BCUT2D eigenvalue weighted by molar-refractivity contribution is 4.98. The Hall–Kier alpha value is -0.120. The van der Waals surface area contributed by atoms with Crippen molar-refractivity contribution in [3.05, 3.63) is 0 Å². The highest BCUT2D eigenvalue weighted by atomic mass is 16.3. The fraction of sp³-hybridized carbons (Fsp3) is 1.00. The van der Waals surface area contributed by atoms with Crippen LogP contribution in [0.25, 0.3) is 0 Å². The van der Waals surface area contributed by atoms with Crippen LogP contribution in [0.3, 0.4) is 0 Å². The van der Waals surface area contributed by atoms with Crippen LogP contribution in [-0.4, -0.2) is 48.8 Å². The van der Waals surface area contributed by atoms with Crippen molar-refractivity contribution in [1.82, 2.24) is 10.2 Å². The molecule has 0 radical (unpaired) electrons. The van der Waals surface area contributed by atoms with Crippen molar-refractivity contribution in [3.63, 3.8) is 0 Å². The van der Waals surface area contributed by atoms with Crippen molar-refractivity contribution in [3.8, 4) is 0 Å². The molecule has 3 unspecified atom stereocenters. The number of rotatable bonds is 5. The molecule has 17 heavy (non-hydrogen) atoms. The maximum absolute atomic E-state index is 9.64. The van der Waals surface area contributed by atoms with Gasteiger partial charge in [-0.15, -0.1) is 0 Å². The van der Waals surface area contributed by atoms with Gasteiger partial charge in [-0.1, -0.05) is 13.3 Å². The van der Waals surface area contributed by atoms with E-state index in [4.69, 9.17) is 0 Å². The summed E-state index contributed by atoms with van der Waals surface area (Å²) in [4.78, 5) is 2.60. The van der Waals surface area contributed by atoms with Crippen LogP contribution in [-0.2, 0) is 0 Å². The number of hydrogen-bond donors (Lipinski definition) is 2.